The van der Waals surface area contributed by atoms with Gasteiger partial charge < -0.3 is 4.79 Å². The quantitative estimate of drug-likeness (QED) is 0.601. The van der Waals surface area contributed by atoms with Crippen LogP contribution in [0.2, 0.25) is 27.3 Å². The lowest BCUT2D eigenvalue weighted by atomic mass is 9.26. The molecule has 15 heavy (non-hydrogen) atoms. The lowest BCUT2D eigenvalue weighted by Crippen LogP contribution is -2.26. The molecule has 0 rings (SSSR count). The molecule has 0 saturated carbocycles. The summed E-state index contributed by atoms with van der Waals surface area (Å²) >= 11 is 0. The van der Waals surface area contributed by atoms with E-state index in [-0.39, 0.29) is 12.2 Å². The van der Waals surface area contributed by atoms with Gasteiger partial charge >= 0.3 is 0 Å². The largest absolute Gasteiger partial charge is 0.324 e. The lowest BCUT2D eigenvalue weighted by molar-refractivity contribution is 0.274. The molecule has 0 aromatic rings. The molecule has 0 atom stereocenters. The number of hydrogen-bond acceptors (Lipinski definition) is 3. The minimum atomic E-state index is -3.08. The van der Waals surface area contributed by atoms with E-state index in [1.165, 1.54) is 20.9 Å². The Morgan fingerprint density at radius 3 is 1.60 bits per heavy atom. The van der Waals surface area contributed by atoms with Crippen molar-refractivity contribution < 1.29 is 13.2 Å². The first-order chi connectivity index (χ1) is 6.68. The molecular formula is C5H12B6O3S. The molecule has 0 amide bonds. The molecule has 0 heterocycles. The highest BCUT2D eigenvalue weighted by molar-refractivity contribution is 8.39. The van der Waals surface area contributed by atoms with Gasteiger partial charge in [0.05, 0.1) is 9.54 Å². The fourth-order valence-electron chi connectivity index (χ4n) is 0.478. The molecule has 0 spiro atoms. The van der Waals surface area contributed by atoms with Crippen molar-refractivity contribution in [2.45, 2.75) is 27.3 Å². The summed E-state index contributed by atoms with van der Waals surface area (Å²) in [5, 5.41) is 0. The molecule has 0 aliphatic carbocycles. The van der Waals surface area contributed by atoms with E-state index in [0.29, 0.717) is 0 Å². The van der Waals surface area contributed by atoms with E-state index in [4.69, 9.17) is 15.5 Å². The molecule has 0 fully saturated rings. The molecule has 0 N–H and O–H groups in total. The summed E-state index contributed by atoms with van der Waals surface area (Å²) < 4.78 is 21.0. The van der Waals surface area contributed by atoms with Crippen LogP contribution in [0.25, 0.3) is 0 Å². The van der Waals surface area contributed by atoms with Crippen molar-refractivity contribution in [2.75, 3.05) is 0 Å². The highest BCUT2D eigenvalue weighted by Crippen LogP contribution is 1.88. The monoisotopic (exact) mass is 218 g/mol. The minimum Gasteiger partial charge on any atom is -0.324 e. The molecule has 74 valence electrons. The summed E-state index contributed by atoms with van der Waals surface area (Å²) in [4.78, 5) is 10.3. The van der Waals surface area contributed by atoms with Crippen LogP contribution in [0.3, 0.4) is 0 Å². The van der Waals surface area contributed by atoms with E-state index in [1.807, 2.05) is 0 Å². The average Bonchev–Trinajstić information content (AvgIpc) is 2.17. The summed E-state index contributed by atoms with van der Waals surface area (Å²) in [5.74, 6) is -0.771. The van der Waals surface area contributed by atoms with Crippen LogP contribution in [0.1, 0.15) is 0 Å². The molecule has 10 heteroatoms. The van der Waals surface area contributed by atoms with Crippen LogP contribution < -0.4 is 0 Å². The molecule has 0 saturated heterocycles. The molecule has 3 nitrogen and oxygen atoms in total. The second-order valence-corrected chi connectivity index (χ2v) is 5.40. The van der Waals surface area contributed by atoms with E-state index >= 15 is 0 Å². The molecule has 0 aliphatic heterocycles. The van der Waals surface area contributed by atoms with Crippen LogP contribution in [0.15, 0.2) is 0 Å². The minimum absolute atomic E-state index is 0.000000000000000222. The summed E-state index contributed by atoms with van der Waals surface area (Å²) in [6, 6.07) is 0. The van der Waals surface area contributed by atoms with Crippen molar-refractivity contribution in [2.24, 2.45) is 0 Å². The van der Waals surface area contributed by atoms with Gasteiger partial charge in [-0.1, -0.05) is 27.3 Å². The average molecular weight is 217 g/mol. The fourth-order valence-corrected chi connectivity index (χ4v) is 0.907. The van der Waals surface area contributed by atoms with Gasteiger partial charge in [-0.25, -0.2) is 0 Å². The predicted molar refractivity (Wildman–Crippen MR) is 72.3 cm³/mol. The van der Waals surface area contributed by atoms with Crippen LogP contribution >= 0.6 is 0 Å². The molecule has 0 bridgehead atoms. The Bertz CT molecular complexity index is 274. The maximum absolute atomic E-state index is 10.5. The first kappa shape index (κ1) is 17.4. The maximum atomic E-state index is 10.5. The molecule has 0 aromatic heterocycles. The third kappa shape index (κ3) is 8.97. The van der Waals surface area contributed by atoms with E-state index in [0.717, 1.165) is 6.56 Å². The van der Waals surface area contributed by atoms with Gasteiger partial charge in [0.1, 0.15) is 0 Å². The van der Waals surface area contributed by atoms with Crippen LogP contribution in [0.5, 0.6) is 0 Å². The second-order valence-electron chi connectivity index (χ2n) is 3.01. The zero-order chi connectivity index (χ0) is 12.6. The van der Waals surface area contributed by atoms with Crippen LogP contribution in [-0.2, 0) is 9.54 Å². The Hall–Kier alpha value is 0.00961. The normalized spacial score (nSPS) is 9.33. The van der Waals surface area contributed by atoms with Gasteiger partial charge in [-0.3, -0.25) is 8.42 Å². The highest BCUT2D eigenvalue weighted by Gasteiger charge is 2.16. The lowest BCUT2D eigenvalue weighted by Gasteiger charge is -1.97. The van der Waals surface area contributed by atoms with Gasteiger partial charge in [0.25, 0.3) is 6.56 Å². The summed E-state index contributed by atoms with van der Waals surface area (Å²) in [6.45, 7) is 7.03. The van der Waals surface area contributed by atoms with Crippen molar-refractivity contribution in [1.82, 2.24) is 0 Å². The summed E-state index contributed by atoms with van der Waals surface area (Å²) in [6.07, 6.45) is 0. The molecule has 0 aromatic carbocycles. The van der Waals surface area contributed by atoms with Crippen LogP contribution in [0, 0.1) is 0 Å². The second kappa shape index (κ2) is 8.20. The third-order valence-corrected chi connectivity index (χ3v) is 3.27. The number of hydrogen-bond donors (Lipinski definition) is 0. The summed E-state index contributed by atoms with van der Waals surface area (Å²) in [5.41, 5.74) is 0.000000000000000222. The third-order valence-electron chi connectivity index (χ3n) is 1.58. The summed E-state index contributed by atoms with van der Waals surface area (Å²) in [7, 11) is 8.62. The smallest absolute Gasteiger partial charge is 0.259 e. The van der Waals surface area contributed by atoms with Crippen molar-refractivity contribution in [3.8, 4) is 0 Å². The highest BCUT2D eigenvalue weighted by atomic mass is 32.2. The van der Waals surface area contributed by atoms with E-state index in [2.05, 4.69) is 0 Å². The SMILES string of the molecule is [B]B(C)C(=O)[B]C.[B]B(C)S(=O)(=O)[B]C. The van der Waals surface area contributed by atoms with Gasteiger partial charge in [-0.15, -0.1) is 0 Å². The van der Waals surface area contributed by atoms with Gasteiger partial charge in [-0.2, -0.15) is 0 Å². The first-order valence-electron chi connectivity index (χ1n) is 4.56. The number of carbonyl (C=O) groups is 1. The van der Waals surface area contributed by atoms with Gasteiger partial charge in [-0.05, 0) is 0 Å². The van der Waals surface area contributed by atoms with E-state index < -0.39 is 15.4 Å². The predicted octanol–water partition coefficient (Wildman–Crippen LogP) is -0.415. The zero-order valence-corrected chi connectivity index (χ0v) is 10.4. The fraction of sp³-hybridized carbons (Fsp3) is 0.800. The Morgan fingerprint density at radius 2 is 1.60 bits per heavy atom. The standard InChI is InChI=1S/C3H6B3O.C2H6B3O2S/c1-5-3(7)6(2)4;1-4-8(6,7)5(2)3/h1-2H3;1-2H3. The zero-order valence-electron chi connectivity index (χ0n) is 9.60. The Morgan fingerprint density at radius 1 is 1.20 bits per heavy atom. The van der Waals surface area contributed by atoms with Crippen molar-refractivity contribution in [1.29, 1.82) is 0 Å². The van der Waals surface area contributed by atoms with Crippen LogP contribution in [0.4, 0.5) is 4.79 Å². The molecule has 0 aliphatic rings. The Kier molecular flexibility index (Phi) is 9.51. The number of carbonyl (C=O) groups excluding carboxylic acids is 1. The number of rotatable bonds is 4. The van der Waals surface area contributed by atoms with Gasteiger partial charge in [0.15, 0.2) is 13.9 Å². The van der Waals surface area contributed by atoms with E-state index in [9.17, 15) is 13.2 Å². The maximum Gasteiger partial charge on any atom is 0.259 e. The topological polar surface area (TPSA) is 51.2 Å². The van der Waals surface area contributed by atoms with Crippen LogP contribution in [-0.4, -0.2) is 55.8 Å². The van der Waals surface area contributed by atoms with Crippen molar-refractivity contribution in [3.63, 3.8) is 0 Å². The van der Waals surface area contributed by atoms with Gasteiger partial charge in [0.2, 0.25) is 5.88 Å². The van der Waals surface area contributed by atoms with Crippen molar-refractivity contribution in [3.05, 3.63) is 0 Å². The van der Waals surface area contributed by atoms with E-state index in [1.54, 1.807) is 13.6 Å². The van der Waals surface area contributed by atoms with Gasteiger partial charge in [0, 0.05) is 21.1 Å². The molecule has 6 radical (unpaired) electrons. The Balaban J connectivity index is 0. The molecule has 0 unspecified atom stereocenters. The first-order valence-corrected chi connectivity index (χ1v) is 6.17. The van der Waals surface area contributed by atoms with Crippen molar-refractivity contribution >= 4 is 56.9 Å². The molecular weight excluding hydrogens is 205 g/mol. The Labute approximate surface area is 97.7 Å².